The molecule has 0 N–H and O–H groups in total. The molecule has 5 heavy (non-hydrogen) atoms. The van der Waals surface area contributed by atoms with Gasteiger partial charge in [-0.05, 0) is 0 Å². The van der Waals surface area contributed by atoms with Crippen molar-refractivity contribution in [3.05, 3.63) is 0 Å². The van der Waals surface area contributed by atoms with E-state index in [1.807, 2.05) is 0 Å². The van der Waals surface area contributed by atoms with Crippen molar-refractivity contribution in [3.8, 4) is 0 Å². The molecule has 0 bridgehead atoms. The van der Waals surface area contributed by atoms with Crippen molar-refractivity contribution in [3.63, 3.8) is 0 Å². The summed E-state index contributed by atoms with van der Waals surface area (Å²) >= 11 is 0. The maximum atomic E-state index is 0. The molecule has 2 radical (unpaired) electrons. The van der Waals surface area contributed by atoms with Gasteiger partial charge >= 0.3 is 18.9 Å². The van der Waals surface area contributed by atoms with Gasteiger partial charge in [-0.2, -0.15) is 0 Å². The van der Waals surface area contributed by atoms with E-state index in [0.717, 1.165) is 0 Å². The van der Waals surface area contributed by atoms with Crippen LogP contribution in [0.5, 0.6) is 0 Å². The standard InChI is InChI=1S/Al.Co.Li.Mn.Ni.4H. The minimum absolute atomic E-state index is 0. The molecule has 0 unspecified atom stereocenters. The molecule has 0 fully saturated rings. The molecule has 0 saturated heterocycles. The van der Waals surface area contributed by atoms with Gasteiger partial charge in [-0.25, -0.2) is 0 Å². The largest absolute Gasteiger partial charge is 0 e. The Labute approximate surface area is 85.5 Å². The molecule has 5 heteroatoms. The van der Waals surface area contributed by atoms with Crippen LogP contribution in [0.25, 0.3) is 0 Å². The van der Waals surface area contributed by atoms with E-state index in [2.05, 4.69) is 0 Å². The summed E-state index contributed by atoms with van der Waals surface area (Å²) in [6, 6.07) is 0. The molecular formula is H4AlCoLiMnNi. The first-order valence-corrected chi connectivity index (χ1v) is 0. The van der Waals surface area contributed by atoms with E-state index in [1.165, 1.54) is 0 Å². The first kappa shape index (κ1) is 48.2. The molecule has 0 spiro atoms. The molecule has 0 aromatic carbocycles. The summed E-state index contributed by atoms with van der Waals surface area (Å²) in [7, 11) is 0. The van der Waals surface area contributed by atoms with Crippen molar-refractivity contribution in [2.24, 2.45) is 0 Å². The van der Waals surface area contributed by atoms with Crippen LogP contribution in [0.2, 0.25) is 0 Å². The Morgan fingerprint density at radius 1 is 1.00 bits per heavy atom. The van der Waals surface area contributed by atoms with Gasteiger partial charge in [-0.3, -0.25) is 0 Å². The predicted octanol–water partition coefficient (Wildman–Crippen LogP) is -1.84. The minimum Gasteiger partial charge on any atom is 0 e. The van der Waals surface area contributed by atoms with Crippen molar-refractivity contribution in [1.29, 1.82) is 0 Å². The van der Waals surface area contributed by atoms with E-state index < -0.39 is 0 Å². The van der Waals surface area contributed by atoms with Gasteiger partial charge in [-0.1, -0.05) is 0 Å². The third-order valence-electron chi connectivity index (χ3n) is 0. The average molecular weight is 211 g/mol. The zero-order valence-electron chi connectivity index (χ0n) is 1.03. The van der Waals surface area contributed by atoms with Crippen LogP contribution >= 0.6 is 0 Å². The molecule has 0 saturated carbocycles. The Bertz CT molecular complexity index is 11.6. The molecule has 0 aromatic heterocycles. The fraction of sp³-hybridized carbons (Fsp3) is 0. The predicted molar refractivity (Wildman–Crippen MR) is 17.1 cm³/mol. The van der Waals surface area contributed by atoms with Crippen LogP contribution in [-0.4, -0.2) is 36.2 Å². The van der Waals surface area contributed by atoms with Crippen LogP contribution in [0, 0.1) is 0 Å². The van der Waals surface area contributed by atoms with Crippen molar-refractivity contribution < 1.29 is 50.3 Å². The smallest absolute Gasteiger partial charge is 0 e. The minimum atomic E-state index is 0. The van der Waals surface area contributed by atoms with Crippen LogP contribution in [0.1, 0.15) is 0 Å². The summed E-state index contributed by atoms with van der Waals surface area (Å²) in [6.45, 7) is 0. The molecule has 0 heterocycles. The Balaban J connectivity index is 0. The zero-order valence-corrected chi connectivity index (χ0v) is 4.24. The second-order valence-corrected chi connectivity index (χ2v) is 0. The van der Waals surface area contributed by atoms with E-state index in [1.54, 1.807) is 0 Å². The van der Waals surface area contributed by atoms with Crippen molar-refractivity contribution in [2.45, 2.75) is 0 Å². The number of hydrogen-bond donors (Lipinski definition) is 0. The molecular weight excluding hydrogens is 206 g/mol. The van der Waals surface area contributed by atoms with E-state index in [0.29, 0.717) is 0 Å². The summed E-state index contributed by atoms with van der Waals surface area (Å²) in [4.78, 5) is 0. The molecule has 0 atom stereocenters. The number of hydrogen-bond acceptors (Lipinski definition) is 0. The normalized spacial score (nSPS) is 0. The van der Waals surface area contributed by atoms with Crippen LogP contribution in [0.4, 0.5) is 0 Å². The summed E-state index contributed by atoms with van der Waals surface area (Å²) in [6.07, 6.45) is 0. The zero-order chi connectivity index (χ0) is 0. The van der Waals surface area contributed by atoms with E-state index in [4.69, 9.17) is 0 Å². The molecule has 0 rings (SSSR count). The Kier molecular flexibility index (Phi) is 291. The van der Waals surface area contributed by atoms with E-state index >= 15 is 0 Å². The average Bonchev–Trinajstić information content (AvgIpc) is 0. The summed E-state index contributed by atoms with van der Waals surface area (Å²) < 4.78 is 0. The molecule has 0 amide bonds. The van der Waals surface area contributed by atoms with Gasteiger partial charge < -0.3 is 0 Å². The van der Waals surface area contributed by atoms with Gasteiger partial charge in [-0.15, -0.1) is 0 Å². The third kappa shape index (κ3) is 20.5. The Hall–Kier alpha value is 2.65. The van der Waals surface area contributed by atoms with Crippen LogP contribution in [0.3, 0.4) is 0 Å². The fourth-order valence-corrected chi connectivity index (χ4v) is 0. The Morgan fingerprint density at radius 3 is 1.00 bits per heavy atom. The number of rotatable bonds is 0. The summed E-state index contributed by atoms with van der Waals surface area (Å²) in [5, 5.41) is 0. The summed E-state index contributed by atoms with van der Waals surface area (Å²) in [5.41, 5.74) is 0. The van der Waals surface area contributed by atoms with Crippen molar-refractivity contribution in [1.82, 2.24) is 0 Å². The molecule has 0 aliphatic heterocycles. The van der Waals surface area contributed by atoms with Gasteiger partial charge in [0.1, 0.15) is 0 Å². The molecule has 0 aliphatic rings. The second kappa shape index (κ2) is 30.2. The van der Waals surface area contributed by atoms with Crippen molar-refractivity contribution >= 4 is 36.2 Å². The monoisotopic (exact) mass is 210 g/mol. The SMILES string of the molecule is [AlH3].[Co].[LiH].[Mn].[Ni]. The third-order valence-corrected chi connectivity index (χ3v) is 0. The fourth-order valence-electron chi connectivity index (χ4n) is 0. The van der Waals surface area contributed by atoms with Crippen molar-refractivity contribution in [2.75, 3.05) is 0 Å². The maximum Gasteiger partial charge on any atom is 0 e. The first-order valence-electron chi connectivity index (χ1n) is 0. The molecule has 0 aromatic rings. The Morgan fingerprint density at radius 2 is 1.00 bits per heavy atom. The molecule has 0 aliphatic carbocycles. The van der Waals surface area contributed by atoms with Gasteiger partial charge in [0, 0.05) is 50.3 Å². The molecule has 34 valence electrons. The topological polar surface area (TPSA) is 0 Å². The first-order chi connectivity index (χ1) is 0. The molecule has 0 nitrogen and oxygen atoms in total. The van der Waals surface area contributed by atoms with Gasteiger partial charge in [0.15, 0.2) is 17.4 Å². The quantitative estimate of drug-likeness (QED) is 0.412. The van der Waals surface area contributed by atoms with Crippen LogP contribution in [-0.2, 0) is 50.3 Å². The van der Waals surface area contributed by atoms with Gasteiger partial charge in [0.05, 0.1) is 0 Å². The van der Waals surface area contributed by atoms with Gasteiger partial charge in [0.25, 0.3) is 0 Å². The van der Waals surface area contributed by atoms with E-state index in [9.17, 15) is 0 Å². The maximum absolute atomic E-state index is 0. The van der Waals surface area contributed by atoms with Gasteiger partial charge in [0.2, 0.25) is 0 Å². The second-order valence-electron chi connectivity index (χ2n) is 0. The van der Waals surface area contributed by atoms with Crippen LogP contribution in [0.15, 0.2) is 0 Å². The van der Waals surface area contributed by atoms with E-state index in [-0.39, 0.29) is 86.6 Å². The van der Waals surface area contributed by atoms with Crippen LogP contribution < -0.4 is 0 Å². The summed E-state index contributed by atoms with van der Waals surface area (Å²) in [5.74, 6) is 0.